The molecule has 0 saturated carbocycles. The molecule has 1 unspecified atom stereocenters. The predicted octanol–water partition coefficient (Wildman–Crippen LogP) is 1.62. The molecule has 0 N–H and O–H groups in total. The standard InChI is InChI=1S/C9H8FO2/c1-12-9(6-11)7-2-4-8(10)5-3-7/h2-5,9H,1H3. The van der Waals surface area contributed by atoms with E-state index in [0.717, 1.165) is 0 Å². The fourth-order valence-corrected chi connectivity index (χ4v) is 0.890. The van der Waals surface area contributed by atoms with Gasteiger partial charge in [0.1, 0.15) is 11.9 Å². The van der Waals surface area contributed by atoms with Crippen molar-refractivity contribution < 1.29 is 13.9 Å². The van der Waals surface area contributed by atoms with E-state index in [0.29, 0.717) is 5.56 Å². The summed E-state index contributed by atoms with van der Waals surface area (Å²) in [6.07, 6.45) is 0.976. The number of halogens is 1. The van der Waals surface area contributed by atoms with Crippen molar-refractivity contribution in [2.45, 2.75) is 6.10 Å². The van der Waals surface area contributed by atoms with Crippen molar-refractivity contribution in [3.8, 4) is 0 Å². The van der Waals surface area contributed by atoms with Gasteiger partial charge in [0.15, 0.2) is 0 Å². The highest BCUT2D eigenvalue weighted by Gasteiger charge is 2.08. The van der Waals surface area contributed by atoms with Gasteiger partial charge in [-0.05, 0) is 17.7 Å². The van der Waals surface area contributed by atoms with Crippen LogP contribution < -0.4 is 0 Å². The highest BCUT2D eigenvalue weighted by Crippen LogP contribution is 2.13. The topological polar surface area (TPSA) is 26.3 Å². The van der Waals surface area contributed by atoms with E-state index in [1.165, 1.54) is 31.4 Å². The summed E-state index contributed by atoms with van der Waals surface area (Å²) in [5.41, 5.74) is 0.605. The van der Waals surface area contributed by atoms with E-state index in [1.807, 2.05) is 0 Å². The molecule has 1 aromatic carbocycles. The molecular weight excluding hydrogens is 159 g/mol. The molecular formula is C9H8FO2. The van der Waals surface area contributed by atoms with Crippen molar-refractivity contribution >= 4 is 6.29 Å². The Balaban J connectivity index is 2.87. The first-order chi connectivity index (χ1) is 5.77. The first-order valence-corrected chi connectivity index (χ1v) is 3.44. The molecule has 0 aliphatic carbocycles. The lowest BCUT2D eigenvalue weighted by molar-refractivity contribution is 0.154. The van der Waals surface area contributed by atoms with E-state index in [2.05, 4.69) is 0 Å². The number of methoxy groups -OCH3 is 1. The number of benzene rings is 1. The number of rotatable bonds is 3. The van der Waals surface area contributed by atoms with Gasteiger partial charge in [-0.3, -0.25) is 4.79 Å². The van der Waals surface area contributed by atoms with Crippen molar-refractivity contribution in [2.24, 2.45) is 0 Å². The van der Waals surface area contributed by atoms with Crippen LogP contribution in [0.2, 0.25) is 0 Å². The van der Waals surface area contributed by atoms with E-state index in [1.54, 1.807) is 6.29 Å². The molecule has 0 aliphatic heterocycles. The Morgan fingerprint density at radius 2 is 2.00 bits per heavy atom. The number of hydrogen-bond donors (Lipinski definition) is 0. The maximum absolute atomic E-state index is 12.4. The van der Waals surface area contributed by atoms with Crippen LogP contribution in [-0.4, -0.2) is 13.4 Å². The second-order valence-electron chi connectivity index (χ2n) is 2.29. The van der Waals surface area contributed by atoms with Crippen molar-refractivity contribution in [3.05, 3.63) is 35.6 Å². The molecule has 1 atom stereocenters. The fourth-order valence-electron chi connectivity index (χ4n) is 0.890. The van der Waals surface area contributed by atoms with Gasteiger partial charge in [0.2, 0.25) is 6.29 Å². The minimum absolute atomic E-state index is 0.334. The lowest BCUT2D eigenvalue weighted by Crippen LogP contribution is -2.01. The first kappa shape index (κ1) is 8.87. The zero-order valence-corrected chi connectivity index (χ0v) is 6.58. The molecule has 1 rings (SSSR count). The average Bonchev–Trinajstić information content (AvgIpc) is 2.10. The molecule has 1 aromatic rings. The number of carbonyl (C=O) groups excluding carboxylic acids is 1. The largest absolute Gasteiger partial charge is 0.368 e. The molecule has 0 aliphatic rings. The Bertz CT molecular complexity index is 256. The van der Waals surface area contributed by atoms with Gasteiger partial charge in [-0.2, -0.15) is 0 Å². The van der Waals surface area contributed by atoms with Crippen LogP contribution in [0.4, 0.5) is 4.39 Å². The highest BCUT2D eigenvalue weighted by atomic mass is 19.1. The van der Waals surface area contributed by atoms with Crippen LogP contribution >= 0.6 is 0 Å². The molecule has 0 heterocycles. The van der Waals surface area contributed by atoms with E-state index in [9.17, 15) is 9.18 Å². The quantitative estimate of drug-likeness (QED) is 0.683. The zero-order valence-electron chi connectivity index (χ0n) is 6.58. The van der Waals surface area contributed by atoms with Crippen LogP contribution in [-0.2, 0) is 9.53 Å². The summed E-state index contributed by atoms with van der Waals surface area (Å²) in [5, 5.41) is 0. The van der Waals surface area contributed by atoms with E-state index in [4.69, 9.17) is 4.74 Å². The minimum atomic E-state index is -0.717. The van der Waals surface area contributed by atoms with Gasteiger partial charge in [-0.25, -0.2) is 4.39 Å². The summed E-state index contributed by atoms with van der Waals surface area (Å²) >= 11 is 0. The van der Waals surface area contributed by atoms with Crippen LogP contribution in [0.5, 0.6) is 0 Å². The average molecular weight is 167 g/mol. The van der Waals surface area contributed by atoms with Gasteiger partial charge in [0.05, 0.1) is 0 Å². The summed E-state index contributed by atoms with van der Waals surface area (Å²) < 4.78 is 17.2. The van der Waals surface area contributed by atoms with Crippen LogP contribution in [0.25, 0.3) is 0 Å². The zero-order chi connectivity index (χ0) is 8.97. The first-order valence-electron chi connectivity index (χ1n) is 3.44. The van der Waals surface area contributed by atoms with Crippen LogP contribution in [0.15, 0.2) is 24.3 Å². The lowest BCUT2D eigenvalue weighted by Gasteiger charge is -2.06. The highest BCUT2D eigenvalue weighted by molar-refractivity contribution is 5.60. The Labute approximate surface area is 70.0 Å². The van der Waals surface area contributed by atoms with Crippen LogP contribution in [0, 0.1) is 5.82 Å². The second-order valence-corrected chi connectivity index (χ2v) is 2.29. The second kappa shape index (κ2) is 3.97. The third kappa shape index (κ3) is 1.89. The van der Waals surface area contributed by atoms with Crippen molar-refractivity contribution in [2.75, 3.05) is 7.11 Å². The molecule has 0 bridgehead atoms. The third-order valence-corrected chi connectivity index (χ3v) is 1.52. The predicted molar refractivity (Wildman–Crippen MR) is 41.8 cm³/mol. The summed E-state index contributed by atoms with van der Waals surface area (Å²) in [6.45, 7) is 0. The Morgan fingerprint density at radius 3 is 2.42 bits per heavy atom. The molecule has 3 heteroatoms. The molecule has 0 amide bonds. The number of ether oxygens (including phenoxy) is 1. The molecule has 2 nitrogen and oxygen atoms in total. The van der Waals surface area contributed by atoms with Crippen LogP contribution in [0.1, 0.15) is 11.7 Å². The maximum atomic E-state index is 12.4. The monoisotopic (exact) mass is 167 g/mol. The lowest BCUT2D eigenvalue weighted by atomic mass is 10.1. The minimum Gasteiger partial charge on any atom is -0.368 e. The number of hydrogen-bond acceptors (Lipinski definition) is 2. The van der Waals surface area contributed by atoms with Crippen molar-refractivity contribution in [1.29, 1.82) is 0 Å². The molecule has 1 radical (unpaired) electrons. The maximum Gasteiger partial charge on any atom is 0.234 e. The van der Waals surface area contributed by atoms with Gasteiger partial charge in [0.25, 0.3) is 0 Å². The SMILES string of the molecule is COC([C]=O)c1ccc(F)cc1. The van der Waals surface area contributed by atoms with E-state index >= 15 is 0 Å². The van der Waals surface area contributed by atoms with Gasteiger partial charge >= 0.3 is 0 Å². The Hall–Kier alpha value is -1.22. The molecule has 12 heavy (non-hydrogen) atoms. The summed E-state index contributed by atoms with van der Waals surface area (Å²) in [6, 6.07) is 5.54. The third-order valence-electron chi connectivity index (χ3n) is 1.52. The Kier molecular flexibility index (Phi) is 2.94. The van der Waals surface area contributed by atoms with Gasteiger partial charge < -0.3 is 4.74 Å². The van der Waals surface area contributed by atoms with Crippen molar-refractivity contribution in [3.63, 3.8) is 0 Å². The molecule has 0 fully saturated rings. The van der Waals surface area contributed by atoms with Gasteiger partial charge in [0, 0.05) is 7.11 Å². The summed E-state index contributed by atoms with van der Waals surface area (Å²) in [5.74, 6) is -0.334. The molecule has 0 spiro atoms. The van der Waals surface area contributed by atoms with E-state index < -0.39 is 6.10 Å². The van der Waals surface area contributed by atoms with Gasteiger partial charge in [-0.15, -0.1) is 0 Å². The molecule has 63 valence electrons. The van der Waals surface area contributed by atoms with Gasteiger partial charge in [-0.1, -0.05) is 12.1 Å². The van der Waals surface area contributed by atoms with Crippen LogP contribution in [0.3, 0.4) is 0 Å². The van der Waals surface area contributed by atoms with E-state index in [-0.39, 0.29) is 5.82 Å². The smallest absolute Gasteiger partial charge is 0.234 e. The van der Waals surface area contributed by atoms with Crippen molar-refractivity contribution in [1.82, 2.24) is 0 Å². The summed E-state index contributed by atoms with van der Waals surface area (Å²) in [4.78, 5) is 10.3. The molecule has 0 saturated heterocycles. The Morgan fingerprint density at radius 1 is 1.42 bits per heavy atom. The summed E-state index contributed by atoms with van der Waals surface area (Å²) in [7, 11) is 1.40. The molecule has 0 aromatic heterocycles. The normalized spacial score (nSPS) is 12.5. The fraction of sp³-hybridized carbons (Fsp3) is 0.222.